The van der Waals surface area contributed by atoms with Crippen molar-refractivity contribution in [1.82, 2.24) is 20.0 Å². The quantitative estimate of drug-likeness (QED) is 0.823. The van der Waals surface area contributed by atoms with E-state index in [4.69, 9.17) is 0 Å². The molecule has 0 spiro atoms. The van der Waals surface area contributed by atoms with Crippen LogP contribution in [0.2, 0.25) is 0 Å². The van der Waals surface area contributed by atoms with E-state index in [1.54, 1.807) is 16.0 Å². The van der Waals surface area contributed by atoms with Crippen LogP contribution in [0.4, 0.5) is 8.78 Å². The van der Waals surface area contributed by atoms with Crippen LogP contribution in [0.25, 0.3) is 0 Å². The number of aromatic nitrogens is 2. The Hall–Kier alpha value is -2.77. The van der Waals surface area contributed by atoms with Gasteiger partial charge in [-0.15, -0.1) is 0 Å². The van der Waals surface area contributed by atoms with Gasteiger partial charge in [-0.1, -0.05) is 6.07 Å². The maximum atomic E-state index is 13.8. The topological polar surface area (TPSA) is 69.3 Å². The van der Waals surface area contributed by atoms with Crippen molar-refractivity contribution in [3.63, 3.8) is 0 Å². The molecular weight excluding hydrogens is 366 g/mol. The van der Waals surface area contributed by atoms with E-state index in [9.17, 15) is 18.4 Å². The zero-order valence-electron chi connectivity index (χ0n) is 15.7. The summed E-state index contributed by atoms with van der Waals surface area (Å²) < 4.78 is 26.8. The molecule has 0 bridgehead atoms. The first-order valence-electron chi connectivity index (χ1n) is 9.50. The Balaban J connectivity index is 1.46. The largest absolute Gasteiger partial charge is 0.341 e. The molecule has 0 radical (unpaired) electrons. The van der Waals surface area contributed by atoms with Gasteiger partial charge in [0, 0.05) is 44.9 Å². The summed E-state index contributed by atoms with van der Waals surface area (Å²) in [6, 6.07) is 3.24. The highest BCUT2D eigenvalue weighted by molar-refractivity contribution is 5.79. The number of benzene rings is 1. The molecule has 1 N–H and O–H groups in total. The van der Waals surface area contributed by atoms with Gasteiger partial charge in [-0.25, -0.2) is 8.78 Å². The molecule has 0 aliphatic carbocycles. The molecule has 2 amide bonds. The van der Waals surface area contributed by atoms with Gasteiger partial charge < -0.3 is 9.80 Å². The standard InChI is InChI=1S/C20H24F2N4O2/c21-17-6-5-16(18(22)12-17)11-20(28)26-8-2-7-25(9-10-26)19(27)4-1-3-15-13-23-24-14-15/h5-6,12-14H,1-4,7-11H2,(H,23,24). The van der Waals surface area contributed by atoms with Crippen molar-refractivity contribution in [3.05, 3.63) is 53.4 Å². The lowest BCUT2D eigenvalue weighted by Gasteiger charge is -2.22. The van der Waals surface area contributed by atoms with E-state index < -0.39 is 11.6 Å². The molecule has 8 heteroatoms. The second kappa shape index (κ2) is 9.43. The molecule has 150 valence electrons. The average molecular weight is 390 g/mol. The van der Waals surface area contributed by atoms with Crippen molar-refractivity contribution >= 4 is 11.8 Å². The lowest BCUT2D eigenvalue weighted by atomic mass is 10.1. The predicted octanol–water partition coefficient (Wildman–Crippen LogP) is 2.31. The van der Waals surface area contributed by atoms with Crippen molar-refractivity contribution in [2.24, 2.45) is 0 Å². The minimum absolute atomic E-state index is 0.0855. The van der Waals surface area contributed by atoms with Gasteiger partial charge in [-0.2, -0.15) is 5.10 Å². The molecule has 0 unspecified atom stereocenters. The van der Waals surface area contributed by atoms with E-state index in [0.29, 0.717) is 39.0 Å². The van der Waals surface area contributed by atoms with E-state index in [-0.39, 0.29) is 23.8 Å². The first-order valence-corrected chi connectivity index (χ1v) is 9.50. The molecule has 2 heterocycles. The molecule has 1 aliphatic rings. The molecule has 1 aromatic heterocycles. The summed E-state index contributed by atoms with van der Waals surface area (Å²) in [6.45, 7) is 2.04. The first kappa shape index (κ1) is 20.0. The smallest absolute Gasteiger partial charge is 0.227 e. The van der Waals surface area contributed by atoms with Crippen LogP contribution in [0.5, 0.6) is 0 Å². The first-order chi connectivity index (χ1) is 13.5. The molecule has 1 aliphatic heterocycles. The molecule has 1 saturated heterocycles. The highest BCUT2D eigenvalue weighted by Crippen LogP contribution is 2.13. The van der Waals surface area contributed by atoms with Gasteiger partial charge in [-0.05, 0) is 36.5 Å². The van der Waals surface area contributed by atoms with Gasteiger partial charge in [-0.3, -0.25) is 14.7 Å². The number of carbonyl (C=O) groups is 2. The zero-order chi connectivity index (χ0) is 19.9. The molecule has 28 heavy (non-hydrogen) atoms. The summed E-state index contributed by atoms with van der Waals surface area (Å²) >= 11 is 0. The lowest BCUT2D eigenvalue weighted by molar-refractivity contribution is -0.133. The van der Waals surface area contributed by atoms with Gasteiger partial charge in [0.2, 0.25) is 11.8 Å². The summed E-state index contributed by atoms with van der Waals surface area (Å²) in [6.07, 6.45) is 6.16. The third-order valence-electron chi connectivity index (χ3n) is 4.97. The third-order valence-corrected chi connectivity index (χ3v) is 4.97. The van der Waals surface area contributed by atoms with E-state index in [2.05, 4.69) is 10.2 Å². The van der Waals surface area contributed by atoms with Gasteiger partial charge >= 0.3 is 0 Å². The summed E-state index contributed by atoms with van der Waals surface area (Å²) in [7, 11) is 0. The number of carbonyl (C=O) groups excluding carboxylic acids is 2. The average Bonchev–Trinajstić information content (AvgIpc) is 3.05. The minimum Gasteiger partial charge on any atom is -0.341 e. The maximum Gasteiger partial charge on any atom is 0.227 e. The fourth-order valence-electron chi connectivity index (χ4n) is 3.37. The number of halogens is 2. The number of nitrogens with zero attached hydrogens (tertiary/aromatic N) is 3. The van der Waals surface area contributed by atoms with Crippen LogP contribution in [0.15, 0.2) is 30.6 Å². The number of aromatic amines is 1. The van der Waals surface area contributed by atoms with Crippen LogP contribution in [0.3, 0.4) is 0 Å². The second-order valence-corrected chi connectivity index (χ2v) is 6.99. The fourth-order valence-corrected chi connectivity index (χ4v) is 3.37. The minimum atomic E-state index is -0.711. The molecule has 2 aromatic rings. The number of H-pyrrole nitrogens is 1. The number of aryl methyl sites for hydroxylation is 1. The SMILES string of the molecule is O=C(CCCc1cn[nH]c1)N1CCCN(C(=O)Cc2ccc(F)cc2F)CC1. The molecule has 6 nitrogen and oxygen atoms in total. The Morgan fingerprint density at radius 3 is 2.50 bits per heavy atom. The molecule has 0 saturated carbocycles. The van der Waals surface area contributed by atoms with Crippen LogP contribution in [-0.4, -0.2) is 58.0 Å². The normalized spacial score (nSPS) is 14.8. The van der Waals surface area contributed by atoms with E-state index in [1.165, 1.54) is 6.07 Å². The van der Waals surface area contributed by atoms with Crippen molar-refractivity contribution in [2.45, 2.75) is 32.1 Å². The van der Waals surface area contributed by atoms with Crippen LogP contribution >= 0.6 is 0 Å². The number of amides is 2. The summed E-state index contributed by atoms with van der Waals surface area (Å²) in [5, 5.41) is 6.64. The Kier molecular flexibility index (Phi) is 6.73. The van der Waals surface area contributed by atoms with Gasteiger partial charge in [0.05, 0.1) is 12.6 Å². The number of hydrogen-bond acceptors (Lipinski definition) is 3. The van der Waals surface area contributed by atoms with Crippen molar-refractivity contribution < 1.29 is 18.4 Å². The zero-order valence-corrected chi connectivity index (χ0v) is 15.7. The van der Waals surface area contributed by atoms with Crippen molar-refractivity contribution in [3.8, 4) is 0 Å². The third kappa shape index (κ3) is 5.37. The van der Waals surface area contributed by atoms with Crippen molar-refractivity contribution in [2.75, 3.05) is 26.2 Å². The van der Waals surface area contributed by atoms with Gasteiger partial charge in [0.25, 0.3) is 0 Å². The summed E-state index contributed by atoms with van der Waals surface area (Å²) in [5.74, 6) is -1.50. The molecule has 3 rings (SSSR count). The Bertz CT molecular complexity index is 811. The van der Waals surface area contributed by atoms with E-state index in [1.807, 2.05) is 6.20 Å². The number of nitrogens with one attached hydrogen (secondary N) is 1. The van der Waals surface area contributed by atoms with Crippen LogP contribution in [0.1, 0.15) is 30.4 Å². The Labute approximate surface area is 162 Å². The van der Waals surface area contributed by atoms with Crippen LogP contribution in [-0.2, 0) is 22.4 Å². The number of rotatable bonds is 6. The van der Waals surface area contributed by atoms with Crippen LogP contribution < -0.4 is 0 Å². The van der Waals surface area contributed by atoms with Crippen molar-refractivity contribution in [1.29, 1.82) is 0 Å². The maximum absolute atomic E-state index is 13.8. The monoisotopic (exact) mass is 390 g/mol. The van der Waals surface area contributed by atoms with Crippen LogP contribution in [0, 0.1) is 11.6 Å². The Morgan fingerprint density at radius 2 is 1.82 bits per heavy atom. The predicted molar refractivity (Wildman–Crippen MR) is 99.4 cm³/mol. The second-order valence-electron chi connectivity index (χ2n) is 6.99. The van der Waals surface area contributed by atoms with E-state index >= 15 is 0 Å². The lowest BCUT2D eigenvalue weighted by Crippen LogP contribution is -2.38. The van der Waals surface area contributed by atoms with Gasteiger partial charge in [0.1, 0.15) is 11.6 Å². The summed E-state index contributed by atoms with van der Waals surface area (Å²) in [4.78, 5) is 28.4. The highest BCUT2D eigenvalue weighted by atomic mass is 19.1. The highest BCUT2D eigenvalue weighted by Gasteiger charge is 2.22. The fraction of sp³-hybridized carbons (Fsp3) is 0.450. The molecule has 1 aromatic carbocycles. The Morgan fingerprint density at radius 1 is 1.07 bits per heavy atom. The summed E-state index contributed by atoms with van der Waals surface area (Å²) in [5.41, 5.74) is 1.26. The van der Waals surface area contributed by atoms with E-state index in [0.717, 1.165) is 30.5 Å². The molecule has 0 atom stereocenters. The molecular formula is C20H24F2N4O2. The number of hydrogen-bond donors (Lipinski definition) is 1. The van der Waals surface area contributed by atoms with Gasteiger partial charge in [0.15, 0.2) is 0 Å². The molecule has 1 fully saturated rings.